The summed E-state index contributed by atoms with van der Waals surface area (Å²) in [4.78, 5) is 25.1. The van der Waals surface area contributed by atoms with Crippen LogP contribution in [0.4, 0.5) is 5.00 Å². The molecule has 0 aliphatic rings. The van der Waals surface area contributed by atoms with E-state index in [4.69, 9.17) is 5.73 Å². The molecule has 2 rings (SSSR count). The Balaban J connectivity index is 2.52. The van der Waals surface area contributed by atoms with Gasteiger partial charge < -0.3 is 5.73 Å². The molecule has 0 saturated carbocycles. The number of hydrogen-bond acceptors (Lipinski definition) is 5. The first kappa shape index (κ1) is 11.2. The Kier molecular flexibility index (Phi) is 2.84. The number of primary amides is 1. The molecule has 0 atom stereocenters. The molecule has 6 nitrogen and oxygen atoms in total. The van der Waals surface area contributed by atoms with Crippen LogP contribution in [0.5, 0.6) is 0 Å². The van der Waals surface area contributed by atoms with Gasteiger partial charge in [-0.2, -0.15) is 0 Å². The number of aromatic nitrogens is 1. The third kappa shape index (κ3) is 2.13. The second kappa shape index (κ2) is 4.30. The predicted molar refractivity (Wildman–Crippen MR) is 62.7 cm³/mol. The second-order valence-corrected chi connectivity index (χ2v) is 4.18. The van der Waals surface area contributed by atoms with E-state index in [2.05, 4.69) is 4.98 Å². The van der Waals surface area contributed by atoms with Crippen molar-refractivity contribution in [2.45, 2.75) is 0 Å². The van der Waals surface area contributed by atoms with Gasteiger partial charge in [-0.1, -0.05) is 18.2 Å². The lowest BCUT2D eigenvalue weighted by Crippen LogP contribution is -2.12. The molecule has 0 aliphatic carbocycles. The molecule has 2 N–H and O–H groups in total. The molecule has 7 heteroatoms. The summed E-state index contributed by atoms with van der Waals surface area (Å²) < 4.78 is 0. The number of amides is 1. The number of benzene rings is 1. The Hall–Kier alpha value is -2.28. The number of nitrogens with zero attached hydrogens (tertiary/aromatic N) is 2. The first-order valence-corrected chi connectivity index (χ1v) is 5.40. The molecule has 17 heavy (non-hydrogen) atoms. The van der Waals surface area contributed by atoms with Crippen LogP contribution in [0.3, 0.4) is 0 Å². The molecule has 0 spiro atoms. The third-order valence-electron chi connectivity index (χ3n) is 2.10. The van der Waals surface area contributed by atoms with E-state index in [1.807, 2.05) is 0 Å². The van der Waals surface area contributed by atoms with Gasteiger partial charge in [-0.25, -0.2) is 4.98 Å². The molecular weight excluding hydrogens is 242 g/mol. The van der Waals surface area contributed by atoms with Gasteiger partial charge in [0.1, 0.15) is 11.2 Å². The number of nitrogens with two attached hydrogens (primary N) is 1. The lowest BCUT2D eigenvalue weighted by molar-refractivity contribution is -0.380. The smallest absolute Gasteiger partial charge is 0.344 e. The van der Waals surface area contributed by atoms with Crippen molar-refractivity contribution in [3.8, 4) is 10.6 Å². The van der Waals surface area contributed by atoms with Crippen molar-refractivity contribution < 1.29 is 9.72 Å². The van der Waals surface area contributed by atoms with Crippen LogP contribution in [0.1, 0.15) is 10.4 Å². The van der Waals surface area contributed by atoms with Gasteiger partial charge in [0.05, 0.1) is 4.92 Å². The molecule has 1 aromatic heterocycles. The van der Waals surface area contributed by atoms with E-state index < -0.39 is 10.8 Å². The van der Waals surface area contributed by atoms with E-state index >= 15 is 0 Å². The first-order valence-electron chi connectivity index (χ1n) is 4.59. The van der Waals surface area contributed by atoms with E-state index in [1.54, 1.807) is 24.3 Å². The van der Waals surface area contributed by atoms with Crippen molar-refractivity contribution in [1.82, 2.24) is 4.98 Å². The highest BCUT2D eigenvalue weighted by Crippen LogP contribution is 2.31. The Morgan fingerprint density at radius 3 is 2.71 bits per heavy atom. The lowest BCUT2D eigenvalue weighted by Gasteiger charge is -2.01. The monoisotopic (exact) mass is 249 g/mol. The summed E-state index contributed by atoms with van der Waals surface area (Å²) in [5.74, 6) is -0.585. The van der Waals surface area contributed by atoms with Crippen molar-refractivity contribution in [3.63, 3.8) is 0 Å². The van der Waals surface area contributed by atoms with Gasteiger partial charge in [0.15, 0.2) is 0 Å². The van der Waals surface area contributed by atoms with Gasteiger partial charge in [0.25, 0.3) is 0 Å². The largest absolute Gasteiger partial charge is 0.366 e. The normalized spacial score (nSPS) is 10.1. The van der Waals surface area contributed by atoms with Gasteiger partial charge in [0.2, 0.25) is 5.91 Å². The van der Waals surface area contributed by atoms with Crippen LogP contribution >= 0.6 is 11.3 Å². The average molecular weight is 249 g/mol. The summed E-state index contributed by atoms with van der Waals surface area (Å²) in [5, 5.41) is 10.9. The fourth-order valence-corrected chi connectivity index (χ4v) is 2.13. The van der Waals surface area contributed by atoms with E-state index in [0.29, 0.717) is 16.1 Å². The van der Waals surface area contributed by atoms with E-state index in [1.165, 1.54) is 0 Å². The SMILES string of the molecule is NC(=O)c1ccccc1-c1ncc([N+](=O)[O-])s1. The summed E-state index contributed by atoms with van der Waals surface area (Å²) in [7, 11) is 0. The number of thiazole rings is 1. The highest BCUT2D eigenvalue weighted by atomic mass is 32.1. The van der Waals surface area contributed by atoms with Crippen LogP contribution in [0.2, 0.25) is 0 Å². The standard InChI is InChI=1S/C10H7N3O3S/c11-9(14)6-3-1-2-4-7(6)10-12-5-8(17-10)13(15)16/h1-5H,(H2,11,14). The van der Waals surface area contributed by atoms with Crippen molar-refractivity contribution in [2.24, 2.45) is 5.73 Å². The van der Waals surface area contributed by atoms with Crippen LogP contribution in [0.25, 0.3) is 10.6 Å². The molecule has 0 radical (unpaired) electrons. The van der Waals surface area contributed by atoms with Crippen molar-refractivity contribution in [3.05, 3.63) is 46.1 Å². The Bertz CT molecular complexity index is 594. The third-order valence-corrected chi connectivity index (χ3v) is 3.08. The maximum Gasteiger partial charge on any atom is 0.344 e. The van der Waals surface area contributed by atoms with Gasteiger partial charge in [0, 0.05) is 11.1 Å². The van der Waals surface area contributed by atoms with Gasteiger partial charge in [-0.05, 0) is 17.4 Å². The fraction of sp³-hybridized carbons (Fsp3) is 0. The van der Waals surface area contributed by atoms with Crippen molar-refractivity contribution in [1.29, 1.82) is 0 Å². The van der Waals surface area contributed by atoms with E-state index in [-0.39, 0.29) is 5.00 Å². The zero-order chi connectivity index (χ0) is 12.4. The molecule has 1 heterocycles. The maximum atomic E-state index is 11.2. The highest BCUT2D eigenvalue weighted by Gasteiger charge is 2.16. The molecule has 0 bridgehead atoms. The van der Waals surface area contributed by atoms with Gasteiger partial charge in [-0.3, -0.25) is 14.9 Å². The molecule has 0 fully saturated rings. The van der Waals surface area contributed by atoms with Crippen LogP contribution in [0, 0.1) is 10.1 Å². The highest BCUT2D eigenvalue weighted by molar-refractivity contribution is 7.18. The van der Waals surface area contributed by atoms with Crippen LogP contribution < -0.4 is 5.73 Å². The number of nitro groups is 1. The lowest BCUT2D eigenvalue weighted by atomic mass is 10.1. The Morgan fingerprint density at radius 2 is 2.12 bits per heavy atom. The molecule has 1 aromatic carbocycles. The Labute approximate surface area is 99.9 Å². The fourth-order valence-electron chi connectivity index (χ4n) is 1.36. The van der Waals surface area contributed by atoms with E-state index in [9.17, 15) is 14.9 Å². The summed E-state index contributed by atoms with van der Waals surface area (Å²) in [6, 6.07) is 6.61. The summed E-state index contributed by atoms with van der Waals surface area (Å²) in [6.07, 6.45) is 1.16. The second-order valence-electron chi connectivity index (χ2n) is 3.17. The number of carbonyl (C=O) groups is 1. The van der Waals surface area contributed by atoms with Gasteiger partial charge >= 0.3 is 5.00 Å². The maximum absolute atomic E-state index is 11.2. The van der Waals surface area contributed by atoms with Crippen LogP contribution in [0.15, 0.2) is 30.5 Å². The minimum absolute atomic E-state index is 0.0701. The zero-order valence-corrected chi connectivity index (χ0v) is 9.31. The summed E-state index contributed by atoms with van der Waals surface area (Å²) >= 11 is 0.908. The summed E-state index contributed by atoms with van der Waals surface area (Å²) in [5.41, 5.74) is 6.04. The molecule has 1 amide bonds. The predicted octanol–water partition coefficient (Wildman–Crippen LogP) is 1.82. The molecule has 2 aromatic rings. The molecular formula is C10H7N3O3S. The molecule has 0 aliphatic heterocycles. The van der Waals surface area contributed by atoms with Crippen LogP contribution in [-0.2, 0) is 0 Å². The zero-order valence-electron chi connectivity index (χ0n) is 8.49. The van der Waals surface area contributed by atoms with Crippen LogP contribution in [-0.4, -0.2) is 15.8 Å². The van der Waals surface area contributed by atoms with Crippen molar-refractivity contribution >= 4 is 22.2 Å². The molecule has 0 unspecified atom stereocenters. The minimum Gasteiger partial charge on any atom is -0.366 e. The Morgan fingerprint density at radius 1 is 1.41 bits per heavy atom. The minimum atomic E-state index is -0.585. The number of carbonyl (C=O) groups excluding carboxylic acids is 1. The number of rotatable bonds is 3. The topological polar surface area (TPSA) is 99.1 Å². The molecule has 0 saturated heterocycles. The molecule has 86 valence electrons. The van der Waals surface area contributed by atoms with E-state index in [0.717, 1.165) is 17.5 Å². The summed E-state index contributed by atoms with van der Waals surface area (Å²) in [6.45, 7) is 0. The van der Waals surface area contributed by atoms with Gasteiger partial charge in [-0.15, -0.1) is 0 Å². The van der Waals surface area contributed by atoms with Crippen molar-refractivity contribution in [2.75, 3.05) is 0 Å². The first-order chi connectivity index (χ1) is 8.09. The number of hydrogen-bond donors (Lipinski definition) is 1. The quantitative estimate of drug-likeness (QED) is 0.662. The average Bonchev–Trinajstić information content (AvgIpc) is 2.78.